The molecule has 0 unspecified atom stereocenters. The van der Waals surface area contributed by atoms with Crippen molar-refractivity contribution in [2.75, 3.05) is 26.2 Å². The van der Waals surface area contributed by atoms with Crippen LogP contribution in [0.15, 0.2) is 12.2 Å². The Morgan fingerprint density at radius 3 is 1.80 bits per heavy atom. The van der Waals surface area contributed by atoms with E-state index in [1.165, 1.54) is 31.5 Å². The predicted octanol–water partition coefficient (Wildman–Crippen LogP) is 4.32. The Labute approximate surface area is 128 Å². The summed E-state index contributed by atoms with van der Waals surface area (Å²) in [6.45, 7) is 24.4. The first-order valence-electron chi connectivity index (χ1n) is 8.24. The molecule has 0 radical (unpaired) electrons. The summed E-state index contributed by atoms with van der Waals surface area (Å²) < 4.78 is 0. The van der Waals surface area contributed by atoms with Crippen LogP contribution in [0.2, 0.25) is 0 Å². The highest BCUT2D eigenvalue weighted by Gasteiger charge is 2.12. The molecule has 0 aromatic rings. The van der Waals surface area contributed by atoms with Gasteiger partial charge in [-0.3, -0.25) is 4.90 Å². The van der Waals surface area contributed by atoms with E-state index in [9.17, 15) is 0 Å². The van der Waals surface area contributed by atoms with Crippen molar-refractivity contribution in [1.82, 2.24) is 10.2 Å². The lowest BCUT2D eigenvalue weighted by Gasteiger charge is -2.27. The predicted molar refractivity (Wildman–Crippen MR) is 92.2 cm³/mol. The maximum atomic E-state index is 4.25. The molecule has 0 aliphatic carbocycles. The number of nitrogens with one attached hydrogen (secondary N) is 1. The Morgan fingerprint density at radius 2 is 1.45 bits per heavy atom. The molecule has 0 saturated carbocycles. The molecule has 0 aliphatic rings. The maximum absolute atomic E-state index is 4.25. The lowest BCUT2D eigenvalue weighted by atomic mass is 10.1. The van der Waals surface area contributed by atoms with Gasteiger partial charge in [0.05, 0.1) is 0 Å². The van der Waals surface area contributed by atoms with E-state index in [4.69, 9.17) is 0 Å². The number of nitrogens with zero attached hydrogens (tertiary/aromatic N) is 1. The molecule has 0 rings (SSSR count). The molecule has 0 fully saturated rings. The van der Waals surface area contributed by atoms with Gasteiger partial charge in [0.15, 0.2) is 0 Å². The molecule has 0 atom stereocenters. The first-order valence-corrected chi connectivity index (χ1v) is 8.24. The van der Waals surface area contributed by atoms with Crippen LogP contribution in [0.3, 0.4) is 0 Å². The van der Waals surface area contributed by atoms with Gasteiger partial charge in [0.25, 0.3) is 0 Å². The second kappa shape index (κ2) is 9.57. The highest BCUT2D eigenvalue weighted by atomic mass is 15.1. The second-order valence-electron chi connectivity index (χ2n) is 7.99. The van der Waals surface area contributed by atoms with Gasteiger partial charge < -0.3 is 5.32 Å². The SMILES string of the molecule is C=C(CNC(C)(C)C)CN(CCC(C)C)CCC(C)C. The van der Waals surface area contributed by atoms with E-state index in [-0.39, 0.29) is 5.54 Å². The minimum atomic E-state index is 0.170. The Bertz CT molecular complexity index is 249. The fourth-order valence-corrected chi connectivity index (χ4v) is 1.91. The summed E-state index contributed by atoms with van der Waals surface area (Å²) in [7, 11) is 0. The highest BCUT2D eigenvalue weighted by Crippen LogP contribution is 2.09. The summed E-state index contributed by atoms with van der Waals surface area (Å²) >= 11 is 0. The van der Waals surface area contributed by atoms with Crippen molar-refractivity contribution in [3.63, 3.8) is 0 Å². The van der Waals surface area contributed by atoms with E-state index < -0.39 is 0 Å². The fraction of sp³-hybridized carbons (Fsp3) is 0.889. The third-order valence-electron chi connectivity index (χ3n) is 3.36. The van der Waals surface area contributed by atoms with Crippen LogP contribution in [-0.2, 0) is 0 Å². The zero-order chi connectivity index (χ0) is 15.8. The Balaban J connectivity index is 4.20. The molecule has 120 valence electrons. The molecule has 20 heavy (non-hydrogen) atoms. The van der Waals surface area contributed by atoms with Gasteiger partial charge in [0.2, 0.25) is 0 Å². The molecule has 0 saturated heterocycles. The first kappa shape index (κ1) is 19.7. The zero-order valence-electron chi connectivity index (χ0n) is 15.1. The molecule has 1 N–H and O–H groups in total. The van der Waals surface area contributed by atoms with Crippen LogP contribution >= 0.6 is 0 Å². The van der Waals surface area contributed by atoms with Crippen LogP contribution in [0.5, 0.6) is 0 Å². The van der Waals surface area contributed by atoms with Gasteiger partial charge in [-0.15, -0.1) is 0 Å². The molecule has 0 aromatic carbocycles. The van der Waals surface area contributed by atoms with Crippen LogP contribution in [0.25, 0.3) is 0 Å². The first-order chi connectivity index (χ1) is 9.10. The summed E-state index contributed by atoms with van der Waals surface area (Å²) in [5.41, 5.74) is 1.47. The van der Waals surface area contributed by atoms with Gasteiger partial charge >= 0.3 is 0 Å². The van der Waals surface area contributed by atoms with Gasteiger partial charge in [-0.1, -0.05) is 34.3 Å². The van der Waals surface area contributed by atoms with Crippen LogP contribution in [0.1, 0.15) is 61.3 Å². The standard InChI is InChI=1S/C18H38N2/c1-15(2)9-11-20(12-10-16(3)4)14-17(5)13-19-18(6,7)8/h15-16,19H,5,9-14H2,1-4,6-8H3. The minimum Gasteiger partial charge on any atom is -0.308 e. The van der Waals surface area contributed by atoms with Gasteiger partial charge in [-0.2, -0.15) is 0 Å². The normalized spacial score (nSPS) is 12.7. The lowest BCUT2D eigenvalue weighted by Crippen LogP contribution is -2.39. The van der Waals surface area contributed by atoms with E-state index in [1.54, 1.807) is 0 Å². The van der Waals surface area contributed by atoms with Crippen LogP contribution in [-0.4, -0.2) is 36.6 Å². The molecule has 0 heterocycles. The number of rotatable bonds is 10. The summed E-state index contributed by atoms with van der Waals surface area (Å²) in [5.74, 6) is 1.55. The molecule has 2 nitrogen and oxygen atoms in total. The molecule has 0 bridgehead atoms. The van der Waals surface area contributed by atoms with Crippen molar-refractivity contribution in [2.45, 2.75) is 66.8 Å². The van der Waals surface area contributed by atoms with E-state index in [0.29, 0.717) is 0 Å². The second-order valence-corrected chi connectivity index (χ2v) is 7.99. The molecule has 0 aromatic heterocycles. The van der Waals surface area contributed by atoms with Crippen LogP contribution in [0.4, 0.5) is 0 Å². The average molecular weight is 283 g/mol. The lowest BCUT2D eigenvalue weighted by molar-refractivity contribution is 0.259. The van der Waals surface area contributed by atoms with E-state index in [1.807, 2.05) is 0 Å². The summed E-state index contributed by atoms with van der Waals surface area (Å²) in [4.78, 5) is 2.58. The number of hydrogen-bond donors (Lipinski definition) is 1. The van der Waals surface area contributed by atoms with Crippen molar-refractivity contribution in [1.29, 1.82) is 0 Å². The van der Waals surface area contributed by atoms with E-state index in [0.717, 1.165) is 24.9 Å². The average Bonchev–Trinajstić information content (AvgIpc) is 2.28. The van der Waals surface area contributed by atoms with Gasteiger partial charge in [-0.05, 0) is 64.1 Å². The third kappa shape index (κ3) is 12.7. The summed E-state index contributed by atoms with van der Waals surface area (Å²) in [6, 6.07) is 0. The Morgan fingerprint density at radius 1 is 1.00 bits per heavy atom. The van der Waals surface area contributed by atoms with E-state index >= 15 is 0 Å². The van der Waals surface area contributed by atoms with Gasteiger partial charge in [0, 0.05) is 18.6 Å². The van der Waals surface area contributed by atoms with Gasteiger partial charge in [-0.25, -0.2) is 0 Å². The highest BCUT2D eigenvalue weighted by molar-refractivity contribution is 5.01. The molecular formula is C18H38N2. The maximum Gasteiger partial charge on any atom is 0.0202 e. The molecular weight excluding hydrogens is 244 g/mol. The van der Waals surface area contributed by atoms with Crippen molar-refractivity contribution < 1.29 is 0 Å². The third-order valence-corrected chi connectivity index (χ3v) is 3.36. The van der Waals surface area contributed by atoms with Crippen LogP contribution < -0.4 is 5.32 Å². The Hall–Kier alpha value is -0.340. The minimum absolute atomic E-state index is 0.170. The van der Waals surface area contributed by atoms with Crippen molar-refractivity contribution in [2.24, 2.45) is 11.8 Å². The quantitative estimate of drug-likeness (QED) is 0.600. The zero-order valence-corrected chi connectivity index (χ0v) is 15.1. The summed E-state index contributed by atoms with van der Waals surface area (Å²) in [6.07, 6.45) is 2.55. The van der Waals surface area contributed by atoms with Crippen molar-refractivity contribution >= 4 is 0 Å². The fourth-order valence-electron chi connectivity index (χ4n) is 1.91. The van der Waals surface area contributed by atoms with Crippen LogP contribution in [0, 0.1) is 11.8 Å². The van der Waals surface area contributed by atoms with Gasteiger partial charge in [0.1, 0.15) is 0 Å². The molecule has 0 aliphatic heterocycles. The van der Waals surface area contributed by atoms with Crippen molar-refractivity contribution in [3.05, 3.63) is 12.2 Å². The topological polar surface area (TPSA) is 15.3 Å². The number of hydrogen-bond acceptors (Lipinski definition) is 2. The Kier molecular flexibility index (Phi) is 9.41. The molecule has 0 spiro atoms. The summed E-state index contributed by atoms with van der Waals surface area (Å²) in [5, 5.41) is 3.53. The van der Waals surface area contributed by atoms with Crippen molar-refractivity contribution in [3.8, 4) is 0 Å². The van der Waals surface area contributed by atoms with E-state index in [2.05, 4.69) is 65.3 Å². The smallest absolute Gasteiger partial charge is 0.0202 e. The largest absolute Gasteiger partial charge is 0.308 e. The monoisotopic (exact) mass is 282 g/mol. The molecule has 0 amide bonds. The molecule has 2 heteroatoms.